The van der Waals surface area contributed by atoms with Crippen molar-refractivity contribution in [2.75, 3.05) is 27.2 Å². The van der Waals surface area contributed by atoms with E-state index < -0.39 is 10.2 Å². The van der Waals surface area contributed by atoms with Gasteiger partial charge in [-0.2, -0.15) is 17.0 Å². The second-order valence-electron chi connectivity index (χ2n) is 7.29. The molecule has 2 rings (SSSR count). The lowest BCUT2D eigenvalue weighted by Crippen LogP contribution is -2.44. The predicted octanol–water partition coefficient (Wildman–Crippen LogP) is 4.20. The summed E-state index contributed by atoms with van der Waals surface area (Å²) in [5.74, 6) is 1.26. The maximum Gasteiger partial charge on any atom is 0.281 e. The highest BCUT2D eigenvalue weighted by Crippen LogP contribution is 2.29. The van der Waals surface area contributed by atoms with Crippen LogP contribution in [0.15, 0.2) is 36.9 Å². The van der Waals surface area contributed by atoms with Crippen molar-refractivity contribution in [1.82, 2.24) is 8.61 Å². The van der Waals surface area contributed by atoms with E-state index in [9.17, 15) is 8.42 Å². The molecule has 0 amide bonds. The fraction of sp³-hybridized carbons (Fsp3) is 0.600. The highest BCUT2D eigenvalue weighted by Gasteiger charge is 2.29. The van der Waals surface area contributed by atoms with Gasteiger partial charge in [-0.05, 0) is 43.6 Å². The van der Waals surface area contributed by atoms with Gasteiger partial charge in [0.25, 0.3) is 10.2 Å². The van der Waals surface area contributed by atoms with Crippen LogP contribution in [0.5, 0.6) is 0 Å². The van der Waals surface area contributed by atoms with E-state index in [1.807, 2.05) is 6.08 Å². The average molecular weight is 367 g/mol. The van der Waals surface area contributed by atoms with Crippen LogP contribution in [-0.2, 0) is 10.2 Å². The van der Waals surface area contributed by atoms with Gasteiger partial charge in [-0.3, -0.25) is 0 Å². The fourth-order valence-corrected chi connectivity index (χ4v) is 3.96. The fourth-order valence-electron chi connectivity index (χ4n) is 2.82. The van der Waals surface area contributed by atoms with Crippen molar-refractivity contribution < 1.29 is 8.42 Å². The Morgan fingerprint density at radius 1 is 1.20 bits per heavy atom. The van der Waals surface area contributed by atoms with Crippen LogP contribution < -0.4 is 0 Å². The Hall–Kier alpha value is -1.17. The molecule has 1 aromatic rings. The van der Waals surface area contributed by atoms with Crippen LogP contribution in [0.4, 0.5) is 0 Å². The lowest BCUT2D eigenvalue weighted by atomic mass is 9.90. The second kappa shape index (κ2) is 10.1. The van der Waals surface area contributed by atoms with Crippen LogP contribution in [0.1, 0.15) is 50.2 Å². The van der Waals surface area contributed by atoms with Crippen LogP contribution in [0.25, 0.3) is 0 Å². The largest absolute Gasteiger partial charge is 0.281 e. The van der Waals surface area contributed by atoms with Gasteiger partial charge >= 0.3 is 0 Å². The van der Waals surface area contributed by atoms with E-state index in [1.54, 1.807) is 18.4 Å². The number of hydrogen-bond donors (Lipinski definition) is 0. The van der Waals surface area contributed by atoms with E-state index in [0.717, 1.165) is 25.2 Å². The van der Waals surface area contributed by atoms with Crippen molar-refractivity contribution in [2.45, 2.75) is 46.0 Å². The third-order valence-corrected chi connectivity index (χ3v) is 6.37. The normalized spacial score (nSPS) is 16.6. The number of rotatable bonds is 5. The van der Waals surface area contributed by atoms with Gasteiger partial charge in [0.1, 0.15) is 0 Å². The number of allylic oxidation sites excluding steroid dienone is 1. The first-order valence-electron chi connectivity index (χ1n) is 9.03. The summed E-state index contributed by atoms with van der Waals surface area (Å²) in [4.78, 5) is 0. The zero-order valence-corrected chi connectivity index (χ0v) is 17.2. The molecule has 0 aliphatic carbocycles. The monoisotopic (exact) mass is 366 g/mol. The number of hydrogen-bond acceptors (Lipinski definition) is 2. The van der Waals surface area contributed by atoms with Gasteiger partial charge in [0.05, 0.1) is 0 Å². The third kappa shape index (κ3) is 6.92. The molecule has 0 saturated carbocycles. The second-order valence-corrected chi connectivity index (χ2v) is 9.43. The summed E-state index contributed by atoms with van der Waals surface area (Å²) >= 11 is 0. The van der Waals surface area contributed by atoms with Crippen molar-refractivity contribution in [1.29, 1.82) is 0 Å². The molecule has 0 unspecified atom stereocenters. The molecule has 142 valence electrons. The summed E-state index contributed by atoms with van der Waals surface area (Å²) in [5.41, 5.74) is 2.59. The first-order chi connectivity index (χ1) is 11.7. The van der Waals surface area contributed by atoms with Crippen molar-refractivity contribution in [2.24, 2.45) is 5.92 Å². The molecule has 25 heavy (non-hydrogen) atoms. The molecule has 0 radical (unpaired) electrons. The highest BCUT2D eigenvalue weighted by molar-refractivity contribution is 7.86. The minimum Gasteiger partial charge on any atom is -0.195 e. The van der Waals surface area contributed by atoms with Crippen molar-refractivity contribution in [3.63, 3.8) is 0 Å². The molecule has 0 aromatic heterocycles. The van der Waals surface area contributed by atoms with Crippen LogP contribution in [-0.4, -0.2) is 44.2 Å². The molecular formula is C20H34N2O2S. The molecule has 1 aromatic carbocycles. The standard InChI is InChI=1S/C14H22N2O2S.C6H12/c1-12-4-6-13(7-5-12)14-8-10-16(11-9-14)19(17,18)15(2)3;1-4-5-6(2)3/h4-7,14H,8-11H2,1-3H3;4,6H,1,5H2,2-3H3. The Bertz CT molecular complexity index is 614. The van der Waals surface area contributed by atoms with Crippen molar-refractivity contribution in [3.05, 3.63) is 48.0 Å². The minimum absolute atomic E-state index is 0.481. The zero-order chi connectivity index (χ0) is 19.0. The van der Waals surface area contributed by atoms with E-state index >= 15 is 0 Å². The Labute approximate surface area is 154 Å². The summed E-state index contributed by atoms with van der Waals surface area (Å²) in [7, 11) is -0.0762. The average Bonchev–Trinajstić information content (AvgIpc) is 2.56. The predicted molar refractivity (Wildman–Crippen MR) is 107 cm³/mol. The number of benzene rings is 1. The Balaban J connectivity index is 0.000000450. The molecule has 1 aliphatic rings. The van der Waals surface area contributed by atoms with E-state index in [4.69, 9.17) is 0 Å². The topological polar surface area (TPSA) is 40.6 Å². The third-order valence-electron chi connectivity index (χ3n) is 4.43. The van der Waals surface area contributed by atoms with E-state index in [-0.39, 0.29) is 0 Å². The van der Waals surface area contributed by atoms with E-state index in [2.05, 4.69) is 51.6 Å². The number of nitrogens with zero attached hydrogens (tertiary/aromatic N) is 2. The van der Waals surface area contributed by atoms with Gasteiger partial charge in [0.15, 0.2) is 0 Å². The van der Waals surface area contributed by atoms with Gasteiger partial charge in [-0.25, -0.2) is 0 Å². The molecular weight excluding hydrogens is 332 g/mol. The highest BCUT2D eigenvalue weighted by atomic mass is 32.2. The quantitative estimate of drug-likeness (QED) is 0.733. The molecule has 0 N–H and O–H groups in total. The number of piperidine rings is 1. The molecule has 0 spiro atoms. The molecule has 1 fully saturated rings. The van der Waals surface area contributed by atoms with Crippen molar-refractivity contribution >= 4 is 10.2 Å². The van der Waals surface area contributed by atoms with Crippen molar-refractivity contribution in [3.8, 4) is 0 Å². The Kier molecular flexibility index (Phi) is 8.83. The smallest absolute Gasteiger partial charge is 0.195 e. The zero-order valence-electron chi connectivity index (χ0n) is 16.4. The van der Waals surface area contributed by atoms with Crippen LogP contribution in [0, 0.1) is 12.8 Å². The summed E-state index contributed by atoms with van der Waals surface area (Å²) in [6.45, 7) is 11.3. The molecule has 4 nitrogen and oxygen atoms in total. The summed E-state index contributed by atoms with van der Waals surface area (Å²) in [6, 6.07) is 8.57. The lowest BCUT2D eigenvalue weighted by molar-refractivity contribution is 0.302. The Morgan fingerprint density at radius 3 is 2.08 bits per heavy atom. The molecule has 1 heterocycles. The van der Waals surface area contributed by atoms with Gasteiger partial charge < -0.3 is 0 Å². The minimum atomic E-state index is -3.25. The first kappa shape index (κ1) is 21.9. The Morgan fingerprint density at radius 2 is 1.72 bits per heavy atom. The van der Waals surface area contributed by atoms with Gasteiger partial charge in [0, 0.05) is 27.2 Å². The summed E-state index contributed by atoms with van der Waals surface area (Å²) < 4.78 is 26.9. The van der Waals surface area contributed by atoms with Crippen LogP contribution in [0.3, 0.4) is 0 Å². The maximum absolute atomic E-state index is 12.0. The summed E-state index contributed by atoms with van der Waals surface area (Å²) in [6.07, 6.45) is 4.89. The molecule has 0 bridgehead atoms. The summed E-state index contributed by atoms with van der Waals surface area (Å²) in [5, 5.41) is 0. The van der Waals surface area contributed by atoms with Crippen LogP contribution >= 0.6 is 0 Å². The molecule has 0 atom stereocenters. The van der Waals surface area contributed by atoms with Crippen LogP contribution in [0.2, 0.25) is 0 Å². The maximum atomic E-state index is 12.0. The first-order valence-corrected chi connectivity index (χ1v) is 10.4. The van der Waals surface area contributed by atoms with Gasteiger partial charge in [0.2, 0.25) is 0 Å². The van der Waals surface area contributed by atoms with Gasteiger partial charge in [-0.15, -0.1) is 6.58 Å². The van der Waals surface area contributed by atoms with E-state index in [1.165, 1.54) is 15.4 Å². The molecule has 1 saturated heterocycles. The van der Waals surface area contributed by atoms with E-state index in [0.29, 0.717) is 19.0 Å². The number of aryl methyl sites for hydroxylation is 1. The molecule has 5 heteroatoms. The van der Waals surface area contributed by atoms with Gasteiger partial charge in [-0.1, -0.05) is 49.8 Å². The SMILES string of the molecule is C=CCC(C)C.Cc1ccc(C2CCN(S(=O)(=O)N(C)C)CC2)cc1. The lowest BCUT2D eigenvalue weighted by Gasteiger charge is -2.33. The molecule has 1 aliphatic heterocycles.